The highest BCUT2D eigenvalue weighted by molar-refractivity contribution is 5.77. The molecule has 0 bridgehead atoms. The van der Waals surface area contributed by atoms with Crippen molar-refractivity contribution in [3.05, 3.63) is 64.6 Å². The lowest BCUT2D eigenvalue weighted by Gasteiger charge is -2.24. The fourth-order valence-electron chi connectivity index (χ4n) is 7.87. The molecule has 2 aromatic heterocycles. The lowest BCUT2D eigenvalue weighted by Crippen LogP contribution is -2.30. The summed E-state index contributed by atoms with van der Waals surface area (Å²) in [5.74, 6) is 0.627. The topological polar surface area (TPSA) is 190 Å². The molecule has 0 saturated carbocycles. The monoisotopic (exact) mass is 910 g/mol. The van der Waals surface area contributed by atoms with Gasteiger partial charge in [0.1, 0.15) is 24.8 Å². The van der Waals surface area contributed by atoms with E-state index in [9.17, 15) is 24.6 Å². The quantitative estimate of drug-likeness (QED) is 0.0846. The van der Waals surface area contributed by atoms with Crippen molar-refractivity contribution in [2.24, 2.45) is 0 Å². The largest absolute Gasteiger partial charge is 0.491 e. The second kappa shape index (κ2) is 31.3. The van der Waals surface area contributed by atoms with E-state index >= 15 is 0 Å². The molecule has 6 rings (SSSR count). The Labute approximate surface area is 387 Å². The molecule has 3 aliphatic heterocycles. The van der Waals surface area contributed by atoms with E-state index in [1.165, 1.54) is 24.1 Å². The number of methoxy groups -OCH3 is 1. The van der Waals surface area contributed by atoms with Gasteiger partial charge in [-0.25, -0.2) is 9.67 Å². The van der Waals surface area contributed by atoms with Crippen LogP contribution in [0.25, 0.3) is 5.69 Å². The van der Waals surface area contributed by atoms with Crippen LogP contribution in [0.4, 0.5) is 5.82 Å². The lowest BCUT2D eigenvalue weighted by molar-refractivity contribution is -0.137. The number of carboxylic acid groups (broad SMARTS) is 1. The van der Waals surface area contributed by atoms with Gasteiger partial charge in [0.2, 0.25) is 11.8 Å². The summed E-state index contributed by atoms with van der Waals surface area (Å²) < 4.78 is 23.3. The second-order valence-electron chi connectivity index (χ2n) is 16.5. The molecule has 65 heavy (non-hydrogen) atoms. The van der Waals surface area contributed by atoms with Crippen molar-refractivity contribution in [1.29, 1.82) is 0 Å². The fraction of sp³-hybridized carbons (Fsp3) is 0.653. The number of aryl methyl sites for hydroxylation is 4. The van der Waals surface area contributed by atoms with Gasteiger partial charge in [-0.3, -0.25) is 14.4 Å². The molecule has 364 valence electrons. The number of unbranched alkanes of at least 4 members (excludes halogenated alkanes) is 2. The van der Waals surface area contributed by atoms with Crippen molar-refractivity contribution in [3.8, 4) is 11.4 Å². The number of carbonyl (C=O) groups is 3. The number of aliphatic hydroxyl groups is 1. The number of likely N-dealkylation sites (tertiary alicyclic amines) is 2. The highest BCUT2D eigenvalue weighted by Crippen LogP contribution is 2.30. The van der Waals surface area contributed by atoms with Crippen LogP contribution in [-0.4, -0.2) is 152 Å². The van der Waals surface area contributed by atoms with E-state index in [1.807, 2.05) is 56.6 Å². The number of anilines is 1. The fourth-order valence-corrected chi connectivity index (χ4v) is 7.87. The first-order valence-corrected chi connectivity index (χ1v) is 23.8. The molecule has 16 nitrogen and oxygen atoms in total. The molecule has 0 radical (unpaired) electrons. The Balaban J connectivity index is 0.000000552. The number of nitrogens with zero attached hydrogens (tertiary/aromatic N) is 5. The van der Waals surface area contributed by atoms with Gasteiger partial charge >= 0.3 is 5.97 Å². The Morgan fingerprint density at radius 3 is 2.35 bits per heavy atom. The summed E-state index contributed by atoms with van der Waals surface area (Å²) in [5.41, 5.74) is 6.17. The van der Waals surface area contributed by atoms with Crippen LogP contribution in [0.5, 0.6) is 5.75 Å². The van der Waals surface area contributed by atoms with Crippen LogP contribution in [0.1, 0.15) is 113 Å². The van der Waals surface area contributed by atoms with Gasteiger partial charge < -0.3 is 49.6 Å². The summed E-state index contributed by atoms with van der Waals surface area (Å²) in [5, 5.41) is 30.0. The number of amides is 2. The van der Waals surface area contributed by atoms with Crippen LogP contribution in [0.3, 0.4) is 0 Å². The van der Waals surface area contributed by atoms with E-state index in [-0.39, 0.29) is 37.4 Å². The molecular formula is C49H79N7O9. The maximum Gasteiger partial charge on any atom is 0.304 e. The van der Waals surface area contributed by atoms with Crippen LogP contribution in [0, 0.1) is 13.8 Å². The molecule has 2 amide bonds. The number of aromatic nitrogens is 3. The molecule has 0 aliphatic carbocycles. The Hall–Kier alpha value is -4.61. The molecule has 2 unspecified atom stereocenters. The second-order valence-corrected chi connectivity index (χ2v) is 16.5. The number of ether oxygens (including phenoxy) is 4. The van der Waals surface area contributed by atoms with Gasteiger partial charge in [-0.1, -0.05) is 33.3 Å². The molecule has 5 heterocycles. The minimum absolute atomic E-state index is 0.0335. The standard InChI is InChI=1S/C35H53N5O8.C10H14N2.C2H6O.C2H6/c1-26-18-27(2)40(37-26)30-19-28(29(21-35(44)45)23-38-11-6-7-12-38)20-32(22-30)48-17-16-46-14-15-47-25-33(42)36-10-5-3-4-8-34(43)39-13-9-31(41)24-39;1-2-9-6-5-8-4-3-7-11-10(8)12-9;1-3-2;1-2/h18-20,22,29,31,41H,3-17,21,23-25H2,1-2H3,(H,36,42)(H,44,45);5-6H,2-4,7H2,1H3,(H,11,12);1-2H3;1-2H3. The molecular weight excluding hydrogens is 831 g/mol. The molecule has 2 fully saturated rings. The number of rotatable bonds is 22. The zero-order valence-electron chi connectivity index (χ0n) is 40.4. The molecule has 1 aromatic carbocycles. The smallest absolute Gasteiger partial charge is 0.304 e. The Kier molecular flexibility index (Phi) is 26.4. The molecule has 2 saturated heterocycles. The molecule has 2 atom stereocenters. The zero-order valence-corrected chi connectivity index (χ0v) is 40.4. The number of carbonyl (C=O) groups excluding carboxylic acids is 2. The van der Waals surface area contributed by atoms with Gasteiger partial charge in [0.15, 0.2) is 0 Å². The first-order valence-electron chi connectivity index (χ1n) is 23.8. The number of fused-ring (bicyclic) bond motifs is 1. The third-order valence-electron chi connectivity index (χ3n) is 11.1. The maximum absolute atomic E-state index is 12.1. The third-order valence-corrected chi connectivity index (χ3v) is 11.1. The van der Waals surface area contributed by atoms with Gasteiger partial charge in [0.25, 0.3) is 0 Å². The van der Waals surface area contributed by atoms with Crippen molar-refractivity contribution < 1.29 is 43.5 Å². The molecule has 0 spiro atoms. The van der Waals surface area contributed by atoms with Gasteiger partial charge in [-0.2, -0.15) is 5.10 Å². The van der Waals surface area contributed by atoms with E-state index in [1.54, 1.807) is 19.1 Å². The van der Waals surface area contributed by atoms with Crippen molar-refractivity contribution in [2.75, 3.05) is 98.4 Å². The molecule has 16 heteroatoms. The Morgan fingerprint density at radius 1 is 0.938 bits per heavy atom. The number of aliphatic carboxylic acids is 1. The predicted octanol–water partition coefficient (Wildman–Crippen LogP) is 6.12. The number of carboxylic acids is 1. The van der Waals surface area contributed by atoms with Crippen LogP contribution in [0.2, 0.25) is 0 Å². The van der Waals surface area contributed by atoms with Gasteiger partial charge in [0.05, 0.1) is 43.7 Å². The van der Waals surface area contributed by atoms with E-state index in [0.717, 1.165) is 86.6 Å². The highest BCUT2D eigenvalue weighted by atomic mass is 16.5. The lowest BCUT2D eigenvalue weighted by atomic mass is 9.94. The molecule has 3 aliphatic rings. The Morgan fingerprint density at radius 2 is 1.68 bits per heavy atom. The van der Waals surface area contributed by atoms with Gasteiger partial charge in [-0.15, -0.1) is 0 Å². The number of β-amino-alcohol motifs (C(OH)–C–C–N with tert-alkyl or cyclic N) is 1. The number of hydrogen-bond acceptors (Lipinski definition) is 12. The first-order chi connectivity index (χ1) is 31.5. The van der Waals surface area contributed by atoms with Crippen LogP contribution >= 0.6 is 0 Å². The third kappa shape index (κ3) is 20.6. The summed E-state index contributed by atoms with van der Waals surface area (Å²) in [6.07, 6.45) is 8.87. The number of hydrogen-bond donors (Lipinski definition) is 4. The summed E-state index contributed by atoms with van der Waals surface area (Å²) in [6.45, 7) is 16.5. The van der Waals surface area contributed by atoms with Gasteiger partial charge in [0, 0.05) is 76.7 Å². The zero-order chi connectivity index (χ0) is 47.4. The van der Waals surface area contributed by atoms with Crippen molar-refractivity contribution in [3.63, 3.8) is 0 Å². The molecule has 4 N–H and O–H groups in total. The molecule has 3 aromatic rings. The predicted molar refractivity (Wildman–Crippen MR) is 254 cm³/mol. The first kappa shape index (κ1) is 54.7. The summed E-state index contributed by atoms with van der Waals surface area (Å²) in [7, 11) is 3.25. The maximum atomic E-state index is 12.1. The SMILES string of the molecule is CC.CCc1ccc2c(n1)NCCC2.COC.Cc1cc(C)n(-c2cc(OCCOCCOCC(=O)NCCCCCC(=O)N3CCC(O)C3)cc(C(CC(=O)O)CN3CCCC3)c2)n1. The minimum Gasteiger partial charge on any atom is -0.491 e. The van der Waals surface area contributed by atoms with Crippen LogP contribution in [-0.2, 0) is 41.4 Å². The van der Waals surface area contributed by atoms with Crippen LogP contribution in [0.15, 0.2) is 36.4 Å². The normalized spacial score (nSPS) is 15.8. The number of pyridine rings is 1. The number of benzene rings is 1. The van der Waals surface area contributed by atoms with E-state index in [4.69, 9.17) is 14.2 Å². The van der Waals surface area contributed by atoms with Gasteiger partial charge in [-0.05, 0) is 114 Å². The van der Waals surface area contributed by atoms with E-state index < -0.39 is 12.1 Å². The van der Waals surface area contributed by atoms with Crippen molar-refractivity contribution >= 4 is 23.6 Å². The van der Waals surface area contributed by atoms with Crippen molar-refractivity contribution in [1.82, 2.24) is 29.9 Å². The van der Waals surface area contributed by atoms with Crippen LogP contribution < -0.4 is 15.4 Å². The number of nitrogens with one attached hydrogen (secondary N) is 2. The average molecular weight is 910 g/mol. The summed E-state index contributed by atoms with van der Waals surface area (Å²) in [4.78, 5) is 44.5. The Bertz CT molecular complexity index is 1840. The number of aliphatic hydroxyl groups excluding tert-OH is 1. The summed E-state index contributed by atoms with van der Waals surface area (Å²) in [6, 6.07) is 12.2. The van der Waals surface area contributed by atoms with E-state index in [2.05, 4.69) is 49.4 Å². The summed E-state index contributed by atoms with van der Waals surface area (Å²) >= 11 is 0. The average Bonchev–Trinajstić information content (AvgIpc) is 4.07. The minimum atomic E-state index is -0.827. The van der Waals surface area contributed by atoms with Crippen molar-refractivity contribution in [2.45, 2.75) is 117 Å². The highest BCUT2D eigenvalue weighted by Gasteiger charge is 2.25. The van der Waals surface area contributed by atoms with E-state index in [0.29, 0.717) is 64.6 Å².